The molecule has 1 aliphatic heterocycles. The van der Waals surface area contributed by atoms with Crippen molar-refractivity contribution in [1.82, 2.24) is 20.2 Å². The SMILES string of the molecule is Cc1cc(C)c2nc(NC3=NCN(Cc4ccccc4Cl)CN3)nc(C)c2c1. The van der Waals surface area contributed by atoms with E-state index in [-0.39, 0.29) is 0 Å². The summed E-state index contributed by atoms with van der Waals surface area (Å²) in [5, 5.41) is 8.37. The second-order valence-electron chi connectivity index (χ2n) is 7.14. The summed E-state index contributed by atoms with van der Waals surface area (Å²) in [4.78, 5) is 16.0. The molecule has 2 aromatic carbocycles. The van der Waals surface area contributed by atoms with Crippen LogP contribution in [0.4, 0.5) is 5.95 Å². The van der Waals surface area contributed by atoms with E-state index in [9.17, 15) is 0 Å². The normalized spacial score (nSPS) is 14.6. The predicted octanol–water partition coefficient (Wildman–Crippen LogP) is 4.00. The molecule has 2 N–H and O–H groups in total. The lowest BCUT2D eigenvalue weighted by atomic mass is 10.1. The lowest BCUT2D eigenvalue weighted by Gasteiger charge is -2.27. The number of aliphatic imine (C=N–C) groups is 1. The van der Waals surface area contributed by atoms with Crippen molar-refractivity contribution in [2.24, 2.45) is 4.99 Å². The molecule has 144 valence electrons. The fraction of sp³-hybridized carbons (Fsp3) is 0.286. The van der Waals surface area contributed by atoms with Gasteiger partial charge in [0.05, 0.1) is 24.5 Å². The third kappa shape index (κ3) is 3.93. The quantitative estimate of drug-likeness (QED) is 0.703. The van der Waals surface area contributed by atoms with Crippen molar-refractivity contribution in [2.45, 2.75) is 27.3 Å². The Kier molecular flexibility index (Phi) is 5.15. The van der Waals surface area contributed by atoms with Crippen LogP contribution in [-0.4, -0.2) is 34.2 Å². The predicted molar refractivity (Wildman–Crippen MR) is 115 cm³/mol. The lowest BCUT2D eigenvalue weighted by Crippen LogP contribution is -2.45. The van der Waals surface area contributed by atoms with Crippen LogP contribution in [0, 0.1) is 20.8 Å². The van der Waals surface area contributed by atoms with E-state index >= 15 is 0 Å². The number of nitrogens with one attached hydrogen (secondary N) is 2. The van der Waals surface area contributed by atoms with Gasteiger partial charge >= 0.3 is 0 Å². The largest absolute Gasteiger partial charge is 0.343 e. The molecule has 0 aliphatic carbocycles. The first kappa shape index (κ1) is 18.7. The minimum atomic E-state index is 0.558. The Morgan fingerprint density at radius 2 is 1.96 bits per heavy atom. The summed E-state index contributed by atoms with van der Waals surface area (Å²) >= 11 is 6.25. The zero-order chi connectivity index (χ0) is 19.7. The van der Waals surface area contributed by atoms with Gasteiger partial charge in [-0.2, -0.15) is 0 Å². The molecule has 28 heavy (non-hydrogen) atoms. The van der Waals surface area contributed by atoms with Gasteiger partial charge in [-0.25, -0.2) is 15.0 Å². The van der Waals surface area contributed by atoms with E-state index in [1.807, 2.05) is 31.2 Å². The number of fused-ring (bicyclic) bond motifs is 1. The molecule has 0 saturated carbocycles. The first-order valence-corrected chi connectivity index (χ1v) is 9.64. The molecule has 0 amide bonds. The molecule has 0 spiro atoms. The van der Waals surface area contributed by atoms with E-state index in [1.54, 1.807) is 0 Å². The number of anilines is 1. The Bertz CT molecular complexity index is 1060. The third-order valence-corrected chi connectivity index (χ3v) is 5.18. The fourth-order valence-electron chi connectivity index (χ4n) is 3.42. The highest BCUT2D eigenvalue weighted by molar-refractivity contribution is 6.31. The average Bonchev–Trinajstić information content (AvgIpc) is 2.66. The molecule has 0 unspecified atom stereocenters. The van der Waals surface area contributed by atoms with Gasteiger partial charge in [-0.1, -0.05) is 41.4 Å². The minimum Gasteiger partial charge on any atom is -0.343 e. The Hall–Kier alpha value is -2.70. The molecule has 1 aromatic heterocycles. The van der Waals surface area contributed by atoms with Crippen LogP contribution in [0.25, 0.3) is 10.9 Å². The monoisotopic (exact) mass is 394 g/mol. The van der Waals surface area contributed by atoms with Crippen LogP contribution in [0.3, 0.4) is 0 Å². The van der Waals surface area contributed by atoms with Gasteiger partial charge in [0.15, 0.2) is 0 Å². The first-order valence-electron chi connectivity index (χ1n) is 9.26. The topological polar surface area (TPSA) is 65.4 Å². The highest BCUT2D eigenvalue weighted by atomic mass is 35.5. The number of nitrogens with zero attached hydrogens (tertiary/aromatic N) is 4. The summed E-state index contributed by atoms with van der Waals surface area (Å²) in [6.45, 7) is 8.16. The van der Waals surface area contributed by atoms with E-state index in [0.29, 0.717) is 25.2 Å². The van der Waals surface area contributed by atoms with E-state index in [0.717, 1.165) is 39.3 Å². The molecule has 6 nitrogen and oxygen atoms in total. The Morgan fingerprint density at radius 1 is 1.14 bits per heavy atom. The van der Waals surface area contributed by atoms with Gasteiger partial charge in [0, 0.05) is 17.0 Å². The molecule has 7 heteroatoms. The average molecular weight is 395 g/mol. The molecule has 4 rings (SSSR count). The van der Waals surface area contributed by atoms with Crippen LogP contribution >= 0.6 is 11.6 Å². The maximum absolute atomic E-state index is 6.25. The number of aryl methyl sites for hydroxylation is 3. The zero-order valence-electron chi connectivity index (χ0n) is 16.3. The number of benzene rings is 2. The van der Waals surface area contributed by atoms with Crippen LogP contribution in [0.2, 0.25) is 5.02 Å². The maximum Gasteiger partial charge on any atom is 0.230 e. The molecule has 0 saturated heterocycles. The number of halogens is 1. The van der Waals surface area contributed by atoms with Crippen LogP contribution in [0.5, 0.6) is 0 Å². The van der Waals surface area contributed by atoms with Crippen LogP contribution in [-0.2, 0) is 6.54 Å². The van der Waals surface area contributed by atoms with Crippen LogP contribution in [0.15, 0.2) is 41.4 Å². The summed E-state index contributed by atoms with van der Waals surface area (Å²) in [6.07, 6.45) is 0. The Balaban J connectivity index is 1.48. The standard InChI is InChI=1S/C21H23ClN6/c1-13-8-14(2)19-17(9-13)15(3)25-21(26-19)27-20-23-11-28(12-24-20)10-16-6-4-5-7-18(16)22/h4-9H,10-12H2,1-3H3,(H2,23,24,25,26,27). The number of rotatable bonds is 3. The smallest absolute Gasteiger partial charge is 0.230 e. The third-order valence-electron chi connectivity index (χ3n) is 4.81. The molecular formula is C21H23ClN6. The van der Waals surface area contributed by atoms with Crippen molar-refractivity contribution in [3.05, 3.63) is 63.8 Å². The Morgan fingerprint density at radius 3 is 2.71 bits per heavy atom. The molecule has 0 atom stereocenters. The molecule has 0 fully saturated rings. The summed E-state index contributed by atoms with van der Waals surface area (Å²) in [7, 11) is 0. The number of aromatic nitrogens is 2. The zero-order valence-corrected chi connectivity index (χ0v) is 17.0. The number of guanidine groups is 1. The first-order chi connectivity index (χ1) is 13.5. The lowest BCUT2D eigenvalue weighted by molar-refractivity contribution is 0.257. The second kappa shape index (κ2) is 7.73. The number of hydrogen-bond donors (Lipinski definition) is 2. The van der Waals surface area contributed by atoms with Crippen molar-refractivity contribution in [3.63, 3.8) is 0 Å². The van der Waals surface area contributed by atoms with Gasteiger partial charge in [0.1, 0.15) is 0 Å². The molecule has 2 heterocycles. The summed E-state index contributed by atoms with van der Waals surface area (Å²) in [5.41, 5.74) is 5.38. The fourth-order valence-corrected chi connectivity index (χ4v) is 3.61. The van der Waals surface area contributed by atoms with Gasteiger partial charge < -0.3 is 5.32 Å². The molecule has 3 aromatic rings. The summed E-state index contributed by atoms with van der Waals surface area (Å²) in [6, 6.07) is 12.2. The van der Waals surface area contributed by atoms with Crippen LogP contribution < -0.4 is 10.6 Å². The van der Waals surface area contributed by atoms with Crippen molar-refractivity contribution in [3.8, 4) is 0 Å². The van der Waals surface area contributed by atoms with Gasteiger partial charge in [-0.3, -0.25) is 10.2 Å². The van der Waals surface area contributed by atoms with E-state index in [2.05, 4.69) is 51.5 Å². The van der Waals surface area contributed by atoms with Gasteiger partial charge in [-0.15, -0.1) is 0 Å². The second-order valence-corrected chi connectivity index (χ2v) is 7.55. The molecule has 0 radical (unpaired) electrons. The maximum atomic E-state index is 6.25. The van der Waals surface area contributed by atoms with Crippen molar-refractivity contribution >= 4 is 34.4 Å². The molecule has 1 aliphatic rings. The van der Waals surface area contributed by atoms with E-state index < -0.39 is 0 Å². The van der Waals surface area contributed by atoms with Crippen LogP contribution in [0.1, 0.15) is 22.4 Å². The van der Waals surface area contributed by atoms with E-state index in [4.69, 9.17) is 16.6 Å². The van der Waals surface area contributed by atoms with Gasteiger partial charge in [0.2, 0.25) is 11.9 Å². The Labute approximate surface area is 169 Å². The minimum absolute atomic E-state index is 0.558. The highest BCUT2D eigenvalue weighted by Gasteiger charge is 2.15. The summed E-state index contributed by atoms with van der Waals surface area (Å²) < 4.78 is 0. The highest BCUT2D eigenvalue weighted by Crippen LogP contribution is 2.22. The van der Waals surface area contributed by atoms with Crippen molar-refractivity contribution < 1.29 is 0 Å². The molecule has 0 bridgehead atoms. The van der Waals surface area contributed by atoms with Crippen molar-refractivity contribution in [2.75, 3.05) is 18.7 Å². The number of hydrogen-bond acceptors (Lipinski definition) is 6. The van der Waals surface area contributed by atoms with Gasteiger partial charge in [-0.05, 0) is 44.0 Å². The summed E-state index contributed by atoms with van der Waals surface area (Å²) in [5.74, 6) is 1.24. The van der Waals surface area contributed by atoms with E-state index in [1.165, 1.54) is 5.56 Å². The van der Waals surface area contributed by atoms with Gasteiger partial charge in [0.25, 0.3) is 0 Å². The van der Waals surface area contributed by atoms with Crippen molar-refractivity contribution in [1.29, 1.82) is 0 Å². The molecular weight excluding hydrogens is 372 g/mol.